The van der Waals surface area contributed by atoms with E-state index in [9.17, 15) is 16.8 Å². The molecule has 0 saturated carbocycles. The summed E-state index contributed by atoms with van der Waals surface area (Å²) in [5, 5.41) is 0.839. The van der Waals surface area contributed by atoms with Crippen LogP contribution in [0.2, 0.25) is 0 Å². The van der Waals surface area contributed by atoms with Crippen molar-refractivity contribution in [1.29, 1.82) is 0 Å². The summed E-state index contributed by atoms with van der Waals surface area (Å²) in [5.74, 6) is 0. The molecule has 0 aliphatic carbocycles. The molecule has 2 aliphatic heterocycles. The molecule has 2 fully saturated rings. The Morgan fingerprint density at radius 3 is 2.04 bits per heavy atom. The number of aryl methyl sites for hydroxylation is 1. The SMILES string of the molecule is Cc1ccc(C=CS(=O)(=O)N2C3CCC2CC(S(C)(=O)=O)C3)cc1. The van der Waals surface area contributed by atoms with Crippen LogP contribution in [0.4, 0.5) is 0 Å². The second-order valence-corrected chi connectivity index (χ2v) is 10.9. The van der Waals surface area contributed by atoms with Gasteiger partial charge >= 0.3 is 0 Å². The summed E-state index contributed by atoms with van der Waals surface area (Å²) in [4.78, 5) is 0. The number of hydrogen-bond acceptors (Lipinski definition) is 4. The second-order valence-electron chi connectivity index (χ2n) is 6.90. The van der Waals surface area contributed by atoms with Gasteiger partial charge in [-0.15, -0.1) is 0 Å². The third-order valence-corrected chi connectivity index (χ3v) is 8.29. The summed E-state index contributed by atoms with van der Waals surface area (Å²) >= 11 is 0. The van der Waals surface area contributed by atoms with Crippen LogP contribution in [0.1, 0.15) is 36.8 Å². The molecule has 5 nitrogen and oxygen atoms in total. The van der Waals surface area contributed by atoms with Crippen LogP contribution in [0.25, 0.3) is 6.08 Å². The van der Waals surface area contributed by atoms with Crippen LogP contribution in [0, 0.1) is 6.92 Å². The quantitative estimate of drug-likeness (QED) is 0.817. The first-order valence-electron chi connectivity index (χ1n) is 8.14. The van der Waals surface area contributed by atoms with Crippen molar-refractivity contribution in [2.45, 2.75) is 49.9 Å². The smallest absolute Gasteiger partial charge is 0.229 e. The van der Waals surface area contributed by atoms with Crippen molar-refractivity contribution in [3.05, 3.63) is 40.8 Å². The lowest BCUT2D eigenvalue weighted by atomic mass is 10.1. The number of nitrogens with zero attached hydrogens (tertiary/aromatic N) is 1. The van der Waals surface area contributed by atoms with Gasteiger partial charge < -0.3 is 0 Å². The van der Waals surface area contributed by atoms with Gasteiger partial charge in [-0.2, -0.15) is 4.31 Å². The normalized spacial score (nSPS) is 28.5. The molecule has 2 unspecified atom stereocenters. The van der Waals surface area contributed by atoms with E-state index < -0.39 is 25.1 Å². The van der Waals surface area contributed by atoms with Crippen LogP contribution in [0.3, 0.4) is 0 Å². The molecule has 0 radical (unpaired) electrons. The molecule has 1 aromatic rings. The molecule has 0 amide bonds. The summed E-state index contributed by atoms with van der Waals surface area (Å²) < 4.78 is 50.6. The minimum absolute atomic E-state index is 0.198. The second kappa shape index (κ2) is 6.28. The third kappa shape index (κ3) is 3.58. The molecule has 2 bridgehead atoms. The zero-order valence-corrected chi connectivity index (χ0v) is 15.6. The van der Waals surface area contributed by atoms with Crippen LogP contribution >= 0.6 is 0 Å². The standard InChI is InChI=1S/C17H23NO4S2/c1-13-3-5-14(6-4-13)9-10-24(21,22)18-15-7-8-16(18)12-17(11-15)23(2,19)20/h3-6,9-10,15-17H,7-8,11-12H2,1-2H3. The molecular formula is C17H23NO4S2. The van der Waals surface area contributed by atoms with Gasteiger partial charge in [0, 0.05) is 23.7 Å². The number of sulfonamides is 1. The van der Waals surface area contributed by atoms with Gasteiger partial charge in [0.2, 0.25) is 10.0 Å². The third-order valence-electron chi connectivity index (χ3n) is 5.03. The molecule has 0 spiro atoms. The molecule has 1 aromatic carbocycles. The van der Waals surface area contributed by atoms with Crippen molar-refractivity contribution in [2.75, 3.05) is 6.26 Å². The number of benzene rings is 1. The molecule has 2 saturated heterocycles. The van der Waals surface area contributed by atoms with Crippen molar-refractivity contribution in [2.24, 2.45) is 0 Å². The van der Waals surface area contributed by atoms with E-state index in [2.05, 4.69) is 0 Å². The molecule has 24 heavy (non-hydrogen) atoms. The first-order chi connectivity index (χ1) is 11.2. The van der Waals surface area contributed by atoms with Gasteiger partial charge in [-0.1, -0.05) is 29.8 Å². The summed E-state index contributed by atoms with van der Waals surface area (Å²) in [5.41, 5.74) is 1.96. The van der Waals surface area contributed by atoms with Crippen LogP contribution in [0.5, 0.6) is 0 Å². The first kappa shape index (κ1) is 17.6. The Kier molecular flexibility index (Phi) is 4.61. The van der Waals surface area contributed by atoms with Gasteiger partial charge in [-0.05, 0) is 44.2 Å². The van der Waals surface area contributed by atoms with E-state index >= 15 is 0 Å². The lowest BCUT2D eigenvalue weighted by Crippen LogP contribution is -2.48. The number of piperidine rings is 1. The number of hydrogen-bond donors (Lipinski definition) is 0. The Morgan fingerprint density at radius 1 is 1.00 bits per heavy atom. The van der Waals surface area contributed by atoms with Gasteiger partial charge in [0.15, 0.2) is 0 Å². The Hall–Kier alpha value is -1.18. The summed E-state index contributed by atoms with van der Waals surface area (Å²) in [7, 11) is -6.66. The molecule has 0 N–H and O–H groups in total. The van der Waals surface area contributed by atoms with Crippen molar-refractivity contribution in [1.82, 2.24) is 4.31 Å². The predicted molar refractivity (Wildman–Crippen MR) is 95.6 cm³/mol. The van der Waals surface area contributed by atoms with Gasteiger partial charge in [-0.3, -0.25) is 0 Å². The molecule has 2 aliphatic rings. The maximum absolute atomic E-state index is 12.7. The maximum Gasteiger partial charge on any atom is 0.236 e. The lowest BCUT2D eigenvalue weighted by Gasteiger charge is -2.36. The highest BCUT2D eigenvalue weighted by molar-refractivity contribution is 7.92. The predicted octanol–water partition coefficient (Wildman–Crippen LogP) is 2.34. The monoisotopic (exact) mass is 369 g/mol. The topological polar surface area (TPSA) is 71.5 Å². The highest BCUT2D eigenvalue weighted by atomic mass is 32.2. The lowest BCUT2D eigenvalue weighted by molar-refractivity contribution is 0.252. The Labute approximate surface area is 144 Å². The van der Waals surface area contributed by atoms with E-state index in [0.29, 0.717) is 12.8 Å². The van der Waals surface area contributed by atoms with E-state index in [1.165, 1.54) is 11.7 Å². The van der Waals surface area contributed by atoms with E-state index in [-0.39, 0.29) is 12.1 Å². The fourth-order valence-electron chi connectivity index (χ4n) is 3.76. The molecule has 132 valence electrons. The van der Waals surface area contributed by atoms with Crippen LogP contribution < -0.4 is 0 Å². The Balaban J connectivity index is 1.80. The van der Waals surface area contributed by atoms with Crippen LogP contribution in [-0.4, -0.2) is 44.7 Å². The highest BCUT2D eigenvalue weighted by Gasteiger charge is 2.48. The largest absolute Gasteiger partial charge is 0.236 e. The number of sulfone groups is 1. The average Bonchev–Trinajstić information content (AvgIpc) is 2.77. The number of rotatable bonds is 4. The fraction of sp³-hybridized carbons (Fsp3) is 0.529. The maximum atomic E-state index is 12.7. The molecule has 0 aromatic heterocycles. The highest BCUT2D eigenvalue weighted by Crippen LogP contribution is 2.40. The minimum Gasteiger partial charge on any atom is -0.229 e. The molecule has 2 heterocycles. The van der Waals surface area contributed by atoms with E-state index in [4.69, 9.17) is 0 Å². The molecule has 7 heteroatoms. The van der Waals surface area contributed by atoms with Crippen molar-refractivity contribution >= 4 is 25.9 Å². The molecule has 2 atom stereocenters. The summed E-state index contributed by atoms with van der Waals surface area (Å²) in [6, 6.07) is 7.24. The van der Waals surface area contributed by atoms with Crippen LogP contribution in [0.15, 0.2) is 29.7 Å². The Bertz CT molecular complexity index is 827. The summed E-state index contributed by atoms with van der Waals surface area (Å²) in [6.07, 6.45) is 5.16. The zero-order valence-electron chi connectivity index (χ0n) is 13.9. The molecular weight excluding hydrogens is 346 g/mol. The average molecular weight is 370 g/mol. The number of fused-ring (bicyclic) bond motifs is 2. The van der Waals surface area contributed by atoms with Crippen molar-refractivity contribution in [3.63, 3.8) is 0 Å². The van der Waals surface area contributed by atoms with Gasteiger partial charge in [-0.25, -0.2) is 16.8 Å². The van der Waals surface area contributed by atoms with Crippen molar-refractivity contribution < 1.29 is 16.8 Å². The van der Waals surface area contributed by atoms with Crippen LogP contribution in [-0.2, 0) is 19.9 Å². The van der Waals surface area contributed by atoms with Gasteiger partial charge in [0.05, 0.1) is 5.25 Å². The van der Waals surface area contributed by atoms with Gasteiger partial charge in [0.1, 0.15) is 9.84 Å². The van der Waals surface area contributed by atoms with E-state index in [1.54, 1.807) is 10.4 Å². The zero-order chi connectivity index (χ0) is 17.5. The first-order valence-corrected chi connectivity index (χ1v) is 11.6. The van der Waals surface area contributed by atoms with E-state index in [1.807, 2.05) is 31.2 Å². The van der Waals surface area contributed by atoms with E-state index in [0.717, 1.165) is 24.0 Å². The Morgan fingerprint density at radius 2 is 1.54 bits per heavy atom. The summed E-state index contributed by atoms with van der Waals surface area (Å²) in [6.45, 7) is 1.98. The van der Waals surface area contributed by atoms with Crippen molar-refractivity contribution in [3.8, 4) is 0 Å². The minimum atomic E-state index is -3.54. The fourth-order valence-corrected chi connectivity index (χ4v) is 6.59. The van der Waals surface area contributed by atoms with Gasteiger partial charge in [0.25, 0.3) is 0 Å². The molecule has 3 rings (SSSR count).